The Morgan fingerprint density at radius 2 is 2.25 bits per heavy atom. The van der Waals surface area contributed by atoms with E-state index in [1.807, 2.05) is 11.9 Å². The number of hydrogen-bond acceptors (Lipinski definition) is 4. The molecule has 1 saturated heterocycles. The Kier molecular flexibility index (Phi) is 3.09. The molecule has 1 unspecified atom stereocenters. The van der Waals surface area contributed by atoms with Gasteiger partial charge in [-0.25, -0.2) is 8.42 Å². The Morgan fingerprint density at radius 3 is 2.67 bits per heavy atom. The smallest absolute Gasteiger partial charge is 0.155 e. The van der Waals surface area contributed by atoms with Crippen LogP contribution in [0, 0.1) is 0 Å². The average Bonchev–Trinajstić information content (AvgIpc) is 2.36. The molecule has 0 radical (unpaired) electrons. The minimum Gasteiger partial charge on any atom is -0.329 e. The number of hydrogen-bond donors (Lipinski definition) is 1. The molecule has 0 aromatic heterocycles. The molecule has 2 N–H and O–H groups in total. The molecule has 0 bridgehead atoms. The highest BCUT2D eigenvalue weighted by Gasteiger charge is 2.30. The summed E-state index contributed by atoms with van der Waals surface area (Å²) in [4.78, 5) is 2.04. The summed E-state index contributed by atoms with van der Waals surface area (Å²) in [6, 6.07) is 0. The van der Waals surface area contributed by atoms with Gasteiger partial charge in [0.2, 0.25) is 0 Å². The van der Waals surface area contributed by atoms with Gasteiger partial charge in [0.05, 0.1) is 11.0 Å². The van der Waals surface area contributed by atoms with Gasteiger partial charge in [0.15, 0.2) is 9.84 Å². The molecular formula is C7H16N2O2S. The zero-order valence-corrected chi connectivity index (χ0v) is 8.18. The molecule has 4 nitrogen and oxygen atoms in total. The van der Waals surface area contributed by atoms with Crippen molar-refractivity contribution in [2.24, 2.45) is 5.73 Å². The van der Waals surface area contributed by atoms with Crippen molar-refractivity contribution in [1.29, 1.82) is 0 Å². The number of likely N-dealkylation sites (tertiary alicyclic amines) is 1. The Labute approximate surface area is 73.6 Å². The molecule has 5 heteroatoms. The van der Waals surface area contributed by atoms with Crippen LogP contribution in [0.2, 0.25) is 0 Å². The van der Waals surface area contributed by atoms with Gasteiger partial charge in [0, 0.05) is 13.1 Å². The van der Waals surface area contributed by atoms with Crippen LogP contribution < -0.4 is 5.73 Å². The highest BCUT2D eigenvalue weighted by molar-refractivity contribution is 7.92. The highest BCUT2D eigenvalue weighted by Crippen LogP contribution is 2.15. The summed E-state index contributed by atoms with van der Waals surface area (Å²) in [6.07, 6.45) is 0.763. The topological polar surface area (TPSA) is 63.4 Å². The molecule has 1 aliphatic heterocycles. The van der Waals surface area contributed by atoms with Crippen LogP contribution in [0.5, 0.6) is 0 Å². The van der Waals surface area contributed by atoms with Gasteiger partial charge >= 0.3 is 0 Å². The maximum Gasteiger partial charge on any atom is 0.155 e. The van der Waals surface area contributed by atoms with Gasteiger partial charge in [-0.15, -0.1) is 0 Å². The van der Waals surface area contributed by atoms with E-state index in [1.54, 1.807) is 0 Å². The van der Waals surface area contributed by atoms with E-state index < -0.39 is 9.84 Å². The summed E-state index contributed by atoms with van der Waals surface area (Å²) in [5, 5.41) is -0.175. The molecule has 0 aliphatic carbocycles. The third-order valence-electron chi connectivity index (χ3n) is 2.26. The van der Waals surface area contributed by atoms with Crippen molar-refractivity contribution in [2.45, 2.75) is 11.7 Å². The van der Waals surface area contributed by atoms with Crippen LogP contribution in [-0.4, -0.2) is 51.0 Å². The summed E-state index contributed by atoms with van der Waals surface area (Å²) in [6.45, 7) is 1.79. The summed E-state index contributed by atoms with van der Waals surface area (Å²) in [7, 11) is -0.967. The lowest BCUT2D eigenvalue weighted by Gasteiger charge is -2.10. The van der Waals surface area contributed by atoms with Gasteiger partial charge in [0.25, 0.3) is 0 Å². The lowest BCUT2D eigenvalue weighted by molar-refractivity contribution is 0.417. The van der Waals surface area contributed by atoms with Crippen molar-refractivity contribution < 1.29 is 8.42 Å². The minimum atomic E-state index is -2.91. The van der Waals surface area contributed by atoms with E-state index in [-0.39, 0.29) is 17.5 Å². The second kappa shape index (κ2) is 3.72. The molecule has 0 aromatic carbocycles. The normalized spacial score (nSPS) is 26.3. The third-order valence-corrected chi connectivity index (χ3v) is 4.46. The van der Waals surface area contributed by atoms with Crippen molar-refractivity contribution >= 4 is 9.84 Å². The van der Waals surface area contributed by atoms with Crippen LogP contribution in [0.1, 0.15) is 6.42 Å². The molecule has 12 heavy (non-hydrogen) atoms. The summed E-state index contributed by atoms with van der Waals surface area (Å²) in [5.74, 6) is 0.130. The van der Waals surface area contributed by atoms with Crippen LogP contribution in [0.3, 0.4) is 0 Å². The first-order chi connectivity index (χ1) is 5.56. The van der Waals surface area contributed by atoms with E-state index in [4.69, 9.17) is 5.73 Å². The van der Waals surface area contributed by atoms with Gasteiger partial charge in [-0.2, -0.15) is 0 Å². The Balaban J connectivity index is 2.58. The van der Waals surface area contributed by atoms with Crippen LogP contribution in [0.4, 0.5) is 0 Å². The lowest BCUT2D eigenvalue weighted by atomic mass is 10.4. The Morgan fingerprint density at radius 1 is 1.58 bits per heavy atom. The van der Waals surface area contributed by atoms with E-state index in [0.717, 1.165) is 13.0 Å². The summed E-state index contributed by atoms with van der Waals surface area (Å²) < 4.78 is 22.9. The van der Waals surface area contributed by atoms with E-state index >= 15 is 0 Å². The van der Waals surface area contributed by atoms with Gasteiger partial charge in [-0.3, -0.25) is 0 Å². The van der Waals surface area contributed by atoms with Gasteiger partial charge < -0.3 is 10.6 Å². The van der Waals surface area contributed by atoms with E-state index in [9.17, 15) is 8.42 Å². The molecule has 1 heterocycles. The number of sulfone groups is 1. The monoisotopic (exact) mass is 192 g/mol. The van der Waals surface area contributed by atoms with E-state index in [1.165, 1.54) is 0 Å². The number of nitrogens with zero attached hydrogens (tertiary/aromatic N) is 1. The summed E-state index contributed by atoms with van der Waals surface area (Å²) in [5.41, 5.74) is 5.22. The van der Waals surface area contributed by atoms with Gasteiger partial charge in [0.1, 0.15) is 0 Å². The first kappa shape index (κ1) is 9.95. The maximum absolute atomic E-state index is 11.5. The van der Waals surface area contributed by atoms with E-state index in [0.29, 0.717) is 6.54 Å². The Bertz CT molecular complexity index is 238. The molecular weight excluding hydrogens is 176 g/mol. The molecule has 1 atom stereocenters. The predicted octanol–water partition coefficient (Wildman–Crippen LogP) is -0.936. The average molecular weight is 192 g/mol. The zero-order chi connectivity index (χ0) is 9.19. The number of rotatable bonds is 3. The van der Waals surface area contributed by atoms with Crippen molar-refractivity contribution in [3.63, 3.8) is 0 Å². The predicted molar refractivity (Wildman–Crippen MR) is 48.7 cm³/mol. The Hall–Kier alpha value is -0.130. The molecule has 0 spiro atoms. The summed E-state index contributed by atoms with van der Waals surface area (Å²) >= 11 is 0. The van der Waals surface area contributed by atoms with Crippen LogP contribution >= 0.6 is 0 Å². The standard InChI is InChI=1S/C7H16N2O2S/c1-9-4-2-7(6-9)12(10,11)5-3-8/h7H,2-6,8H2,1H3. The fraction of sp³-hybridized carbons (Fsp3) is 1.00. The highest BCUT2D eigenvalue weighted by atomic mass is 32.2. The first-order valence-corrected chi connectivity index (χ1v) is 5.88. The molecule has 0 amide bonds. The van der Waals surface area contributed by atoms with Gasteiger partial charge in [-0.05, 0) is 20.0 Å². The fourth-order valence-corrected chi connectivity index (χ4v) is 3.13. The molecule has 1 rings (SSSR count). The first-order valence-electron chi connectivity index (χ1n) is 4.16. The van der Waals surface area contributed by atoms with Crippen molar-refractivity contribution in [2.75, 3.05) is 32.4 Å². The largest absolute Gasteiger partial charge is 0.329 e. The molecule has 72 valence electrons. The molecule has 1 fully saturated rings. The van der Waals surface area contributed by atoms with Gasteiger partial charge in [-0.1, -0.05) is 0 Å². The molecule has 0 aromatic rings. The van der Waals surface area contributed by atoms with Crippen molar-refractivity contribution in [3.8, 4) is 0 Å². The maximum atomic E-state index is 11.5. The SMILES string of the molecule is CN1CCC(S(=O)(=O)CCN)C1. The second-order valence-electron chi connectivity index (χ2n) is 3.33. The molecule has 1 aliphatic rings. The quantitative estimate of drug-likeness (QED) is 0.627. The van der Waals surface area contributed by atoms with Crippen LogP contribution in [-0.2, 0) is 9.84 Å². The van der Waals surface area contributed by atoms with Crippen LogP contribution in [0.15, 0.2) is 0 Å². The lowest BCUT2D eigenvalue weighted by Crippen LogP contribution is -2.29. The second-order valence-corrected chi connectivity index (χ2v) is 5.73. The van der Waals surface area contributed by atoms with Crippen molar-refractivity contribution in [3.05, 3.63) is 0 Å². The molecule has 0 saturated carbocycles. The zero-order valence-electron chi connectivity index (χ0n) is 7.36. The van der Waals surface area contributed by atoms with E-state index in [2.05, 4.69) is 0 Å². The third kappa shape index (κ3) is 2.18. The minimum absolute atomic E-state index is 0.130. The van der Waals surface area contributed by atoms with Crippen LogP contribution in [0.25, 0.3) is 0 Å². The fourth-order valence-electron chi connectivity index (χ4n) is 1.52. The number of nitrogens with two attached hydrogens (primary N) is 1. The van der Waals surface area contributed by atoms with Crippen molar-refractivity contribution in [1.82, 2.24) is 4.90 Å².